The van der Waals surface area contributed by atoms with Crippen LogP contribution in [0.5, 0.6) is 5.75 Å². The highest BCUT2D eigenvalue weighted by atomic mass is 35.5. The van der Waals surface area contributed by atoms with Crippen LogP contribution in [0.1, 0.15) is 12.5 Å². The van der Waals surface area contributed by atoms with Crippen LogP contribution in [0.2, 0.25) is 10.0 Å². The van der Waals surface area contributed by atoms with Gasteiger partial charge in [-0.05, 0) is 30.3 Å². The Balaban J connectivity index is 2.10. The molecule has 0 aliphatic rings. The summed E-state index contributed by atoms with van der Waals surface area (Å²) in [5.41, 5.74) is 1.92. The van der Waals surface area contributed by atoms with E-state index >= 15 is 0 Å². The van der Waals surface area contributed by atoms with E-state index in [1.807, 2.05) is 0 Å². The van der Waals surface area contributed by atoms with Gasteiger partial charge in [0.2, 0.25) is 5.91 Å². The number of anilines is 2. The fourth-order valence-corrected chi connectivity index (χ4v) is 2.29. The normalized spacial score (nSPS) is 10.2. The third-order valence-electron chi connectivity index (χ3n) is 2.84. The first kappa shape index (κ1) is 15.5. The third-order valence-corrected chi connectivity index (χ3v) is 3.51. The van der Waals surface area contributed by atoms with Crippen molar-refractivity contribution < 1.29 is 9.90 Å². The van der Waals surface area contributed by atoms with Crippen molar-refractivity contribution >= 4 is 40.5 Å². The van der Waals surface area contributed by atoms with Crippen LogP contribution in [0.3, 0.4) is 0 Å². The average molecular weight is 325 g/mol. The van der Waals surface area contributed by atoms with Crippen LogP contribution in [0.25, 0.3) is 0 Å². The number of benzene rings is 2. The number of nitrogens with one attached hydrogen (secondary N) is 2. The SMILES string of the molecule is CC(=O)Nc1ccc(NCc2c(O)cccc2Cl)cc1Cl. The first-order valence-corrected chi connectivity index (χ1v) is 7.00. The van der Waals surface area contributed by atoms with Gasteiger partial charge in [0.15, 0.2) is 0 Å². The predicted molar refractivity (Wildman–Crippen MR) is 86.2 cm³/mol. The topological polar surface area (TPSA) is 61.4 Å². The molecular weight excluding hydrogens is 311 g/mol. The highest BCUT2D eigenvalue weighted by Gasteiger charge is 2.07. The Hall–Kier alpha value is -1.91. The molecule has 0 aliphatic carbocycles. The first-order valence-electron chi connectivity index (χ1n) is 6.24. The van der Waals surface area contributed by atoms with Gasteiger partial charge in [-0.1, -0.05) is 29.3 Å². The molecule has 0 unspecified atom stereocenters. The molecule has 0 radical (unpaired) electrons. The molecule has 0 spiro atoms. The van der Waals surface area contributed by atoms with Gasteiger partial charge in [-0.15, -0.1) is 0 Å². The second-order valence-corrected chi connectivity index (χ2v) is 5.28. The van der Waals surface area contributed by atoms with Gasteiger partial charge in [0.05, 0.1) is 10.7 Å². The number of carbonyl (C=O) groups is 1. The van der Waals surface area contributed by atoms with E-state index in [1.165, 1.54) is 6.92 Å². The zero-order valence-electron chi connectivity index (χ0n) is 11.3. The summed E-state index contributed by atoms with van der Waals surface area (Å²) in [5, 5.41) is 16.4. The fourth-order valence-electron chi connectivity index (χ4n) is 1.83. The smallest absolute Gasteiger partial charge is 0.221 e. The molecule has 1 amide bonds. The first-order chi connectivity index (χ1) is 9.97. The molecule has 2 rings (SSSR count). The maximum absolute atomic E-state index is 11.0. The maximum atomic E-state index is 11.0. The van der Waals surface area contributed by atoms with Crippen LogP contribution in [0.4, 0.5) is 11.4 Å². The van der Waals surface area contributed by atoms with Gasteiger partial charge >= 0.3 is 0 Å². The molecule has 6 heteroatoms. The summed E-state index contributed by atoms with van der Waals surface area (Å²) >= 11 is 12.1. The van der Waals surface area contributed by atoms with Crippen molar-refractivity contribution in [1.29, 1.82) is 0 Å². The Morgan fingerprint density at radius 1 is 1.19 bits per heavy atom. The van der Waals surface area contributed by atoms with Crippen molar-refractivity contribution in [3.63, 3.8) is 0 Å². The van der Waals surface area contributed by atoms with Crippen molar-refractivity contribution in [2.24, 2.45) is 0 Å². The molecule has 0 aliphatic heterocycles. The van der Waals surface area contributed by atoms with Gasteiger partial charge < -0.3 is 15.7 Å². The monoisotopic (exact) mass is 324 g/mol. The van der Waals surface area contributed by atoms with Crippen LogP contribution >= 0.6 is 23.2 Å². The number of aromatic hydroxyl groups is 1. The van der Waals surface area contributed by atoms with Crippen LogP contribution < -0.4 is 10.6 Å². The Bertz CT molecular complexity index is 654. The Kier molecular flexibility index (Phi) is 4.94. The van der Waals surface area contributed by atoms with E-state index in [-0.39, 0.29) is 11.7 Å². The summed E-state index contributed by atoms with van der Waals surface area (Å²) in [4.78, 5) is 11.0. The van der Waals surface area contributed by atoms with E-state index in [9.17, 15) is 9.90 Å². The summed E-state index contributed by atoms with van der Waals surface area (Å²) in [7, 11) is 0. The quantitative estimate of drug-likeness (QED) is 0.787. The Morgan fingerprint density at radius 2 is 1.95 bits per heavy atom. The lowest BCUT2D eigenvalue weighted by Gasteiger charge is -2.11. The molecule has 4 nitrogen and oxygen atoms in total. The van der Waals surface area contributed by atoms with E-state index in [1.54, 1.807) is 36.4 Å². The summed E-state index contributed by atoms with van der Waals surface area (Å²) in [6, 6.07) is 10.2. The number of rotatable bonds is 4. The summed E-state index contributed by atoms with van der Waals surface area (Å²) in [6.45, 7) is 1.78. The highest BCUT2D eigenvalue weighted by Crippen LogP contribution is 2.28. The lowest BCUT2D eigenvalue weighted by Crippen LogP contribution is -2.06. The number of carbonyl (C=O) groups excluding carboxylic acids is 1. The summed E-state index contributed by atoms with van der Waals surface area (Å²) in [6.07, 6.45) is 0. The lowest BCUT2D eigenvalue weighted by molar-refractivity contribution is -0.114. The third kappa shape index (κ3) is 4.03. The molecule has 0 aromatic heterocycles. The van der Waals surface area contributed by atoms with Gasteiger partial charge in [0.1, 0.15) is 5.75 Å². The van der Waals surface area contributed by atoms with Crippen LogP contribution in [0, 0.1) is 0 Å². The molecule has 2 aromatic rings. The van der Waals surface area contributed by atoms with Crippen molar-refractivity contribution in [3.8, 4) is 5.75 Å². The maximum Gasteiger partial charge on any atom is 0.221 e. The number of halogens is 2. The summed E-state index contributed by atoms with van der Waals surface area (Å²) < 4.78 is 0. The zero-order chi connectivity index (χ0) is 15.4. The number of hydrogen-bond acceptors (Lipinski definition) is 3. The van der Waals surface area contributed by atoms with Crippen molar-refractivity contribution in [1.82, 2.24) is 0 Å². The van der Waals surface area contributed by atoms with E-state index in [2.05, 4.69) is 10.6 Å². The molecule has 2 aromatic carbocycles. The molecule has 3 N–H and O–H groups in total. The second kappa shape index (κ2) is 6.70. The van der Waals surface area contributed by atoms with Gasteiger partial charge in [-0.3, -0.25) is 4.79 Å². The molecule has 21 heavy (non-hydrogen) atoms. The molecule has 0 bridgehead atoms. The molecule has 0 heterocycles. The standard InChI is InChI=1S/C15H14Cl2N2O2/c1-9(20)19-14-6-5-10(7-13(14)17)18-8-11-12(16)3-2-4-15(11)21/h2-7,18,21H,8H2,1H3,(H,19,20). The van der Waals surface area contributed by atoms with Gasteiger partial charge in [-0.25, -0.2) is 0 Å². The van der Waals surface area contributed by atoms with Crippen molar-refractivity contribution in [3.05, 3.63) is 52.0 Å². The number of amides is 1. The minimum atomic E-state index is -0.182. The van der Waals surface area contributed by atoms with E-state index in [4.69, 9.17) is 23.2 Å². The fraction of sp³-hybridized carbons (Fsp3) is 0.133. The molecule has 110 valence electrons. The molecular formula is C15H14Cl2N2O2. The number of phenolic OH excluding ortho intramolecular Hbond substituents is 1. The van der Waals surface area contributed by atoms with Crippen LogP contribution in [-0.4, -0.2) is 11.0 Å². The Morgan fingerprint density at radius 3 is 2.57 bits per heavy atom. The van der Waals surface area contributed by atoms with E-state index < -0.39 is 0 Å². The lowest BCUT2D eigenvalue weighted by atomic mass is 10.2. The minimum absolute atomic E-state index is 0.135. The highest BCUT2D eigenvalue weighted by molar-refractivity contribution is 6.34. The molecule has 0 saturated carbocycles. The van der Waals surface area contributed by atoms with Crippen molar-refractivity contribution in [2.75, 3.05) is 10.6 Å². The second-order valence-electron chi connectivity index (χ2n) is 4.47. The predicted octanol–water partition coefficient (Wildman–Crippen LogP) is 4.27. The average Bonchev–Trinajstić information content (AvgIpc) is 2.41. The van der Waals surface area contributed by atoms with Crippen LogP contribution in [-0.2, 0) is 11.3 Å². The number of hydrogen-bond donors (Lipinski definition) is 3. The van der Waals surface area contributed by atoms with E-state index in [0.717, 1.165) is 5.69 Å². The van der Waals surface area contributed by atoms with Crippen LogP contribution in [0.15, 0.2) is 36.4 Å². The largest absolute Gasteiger partial charge is 0.508 e. The molecule has 0 saturated heterocycles. The molecule has 0 atom stereocenters. The molecule has 0 fully saturated rings. The number of phenols is 1. The Labute approximate surface area is 132 Å². The van der Waals surface area contributed by atoms with Gasteiger partial charge in [0.25, 0.3) is 0 Å². The van der Waals surface area contributed by atoms with E-state index in [0.29, 0.717) is 27.8 Å². The zero-order valence-corrected chi connectivity index (χ0v) is 12.8. The van der Waals surface area contributed by atoms with Gasteiger partial charge in [0, 0.05) is 29.7 Å². The minimum Gasteiger partial charge on any atom is -0.508 e. The van der Waals surface area contributed by atoms with Gasteiger partial charge in [-0.2, -0.15) is 0 Å². The van der Waals surface area contributed by atoms with Crippen molar-refractivity contribution in [2.45, 2.75) is 13.5 Å². The summed E-state index contributed by atoms with van der Waals surface area (Å²) in [5.74, 6) is -0.0467.